The zero-order chi connectivity index (χ0) is 14.7. The molecule has 0 aliphatic rings. The van der Waals surface area contributed by atoms with Crippen molar-refractivity contribution in [1.29, 1.82) is 0 Å². The molecule has 0 saturated carbocycles. The quantitative estimate of drug-likeness (QED) is 0.657. The van der Waals surface area contributed by atoms with Crippen LogP contribution in [0.4, 0.5) is 5.69 Å². The normalized spacial score (nSPS) is 10.4. The van der Waals surface area contributed by atoms with Crippen molar-refractivity contribution in [2.75, 3.05) is 7.11 Å². The summed E-state index contributed by atoms with van der Waals surface area (Å²) in [6, 6.07) is 5.77. The second kappa shape index (κ2) is 5.49. The molecule has 0 radical (unpaired) electrons. The van der Waals surface area contributed by atoms with Crippen molar-refractivity contribution in [2.45, 2.75) is 6.61 Å². The molecule has 0 unspecified atom stereocenters. The maximum absolute atomic E-state index is 11.1. The molecule has 2 rings (SSSR count). The number of hydrogen-bond acceptors (Lipinski definition) is 5. The highest BCUT2D eigenvalue weighted by molar-refractivity contribution is 5.88. The molecule has 0 aliphatic heterocycles. The first-order valence-electron chi connectivity index (χ1n) is 5.58. The van der Waals surface area contributed by atoms with E-state index < -0.39 is 10.9 Å². The van der Waals surface area contributed by atoms with Crippen LogP contribution in [0.5, 0.6) is 0 Å². The van der Waals surface area contributed by atoms with Crippen LogP contribution in [-0.4, -0.2) is 32.9 Å². The van der Waals surface area contributed by atoms with Crippen molar-refractivity contribution >= 4 is 11.7 Å². The molecular weight excluding hydrogens is 266 g/mol. The lowest BCUT2D eigenvalue weighted by atomic mass is 10.2. The van der Waals surface area contributed by atoms with Crippen molar-refractivity contribution in [1.82, 2.24) is 9.78 Å². The number of methoxy groups -OCH3 is 1. The second-order valence-electron chi connectivity index (χ2n) is 3.93. The molecule has 0 fully saturated rings. The number of carboxylic acids is 1. The lowest BCUT2D eigenvalue weighted by Gasteiger charge is -2.07. The van der Waals surface area contributed by atoms with Gasteiger partial charge in [-0.1, -0.05) is 6.07 Å². The topological polar surface area (TPSA) is 107 Å². The number of nitrogens with zero attached hydrogens (tertiary/aromatic N) is 3. The van der Waals surface area contributed by atoms with Gasteiger partial charge in [-0.05, 0) is 6.07 Å². The fourth-order valence-electron chi connectivity index (χ4n) is 1.79. The predicted octanol–water partition coefficient (Wildman–Crippen LogP) is 1.63. The van der Waals surface area contributed by atoms with Gasteiger partial charge in [-0.25, -0.2) is 9.48 Å². The smallest absolute Gasteiger partial charge is 0.339 e. The number of aromatic nitrogens is 2. The number of non-ortho nitro benzene ring substituents is 1. The molecule has 8 nitrogen and oxygen atoms in total. The SMILES string of the molecule is COCc1c(C(=O)O)cnn1-c1cccc([N+](=O)[O-])c1. The molecule has 1 N–H and O–H groups in total. The van der Waals surface area contributed by atoms with E-state index >= 15 is 0 Å². The number of carbonyl (C=O) groups is 1. The Morgan fingerprint density at radius 3 is 2.90 bits per heavy atom. The number of carboxylic acid groups (broad SMARTS) is 1. The van der Waals surface area contributed by atoms with E-state index in [1.54, 1.807) is 6.07 Å². The number of benzene rings is 1. The highest BCUT2D eigenvalue weighted by Gasteiger charge is 2.18. The van der Waals surface area contributed by atoms with E-state index in [9.17, 15) is 14.9 Å². The maximum atomic E-state index is 11.1. The molecule has 0 aliphatic carbocycles. The van der Waals surface area contributed by atoms with Gasteiger partial charge < -0.3 is 9.84 Å². The highest BCUT2D eigenvalue weighted by atomic mass is 16.6. The Bertz CT molecular complexity index is 665. The maximum Gasteiger partial charge on any atom is 0.339 e. The molecule has 0 saturated heterocycles. The summed E-state index contributed by atoms with van der Waals surface area (Å²) in [6.45, 7) is 0.0321. The van der Waals surface area contributed by atoms with Crippen molar-refractivity contribution in [3.63, 3.8) is 0 Å². The zero-order valence-corrected chi connectivity index (χ0v) is 10.5. The molecule has 0 atom stereocenters. The molecule has 1 aromatic carbocycles. The Labute approximate surface area is 113 Å². The average molecular weight is 277 g/mol. The summed E-state index contributed by atoms with van der Waals surface area (Å²) in [4.78, 5) is 21.3. The molecule has 104 valence electrons. The number of ether oxygens (including phenoxy) is 1. The van der Waals surface area contributed by atoms with Gasteiger partial charge in [0.25, 0.3) is 5.69 Å². The Balaban J connectivity index is 2.54. The van der Waals surface area contributed by atoms with E-state index in [-0.39, 0.29) is 17.9 Å². The molecule has 2 aromatic rings. The lowest BCUT2D eigenvalue weighted by Crippen LogP contribution is -2.08. The van der Waals surface area contributed by atoms with E-state index in [1.807, 2.05) is 0 Å². The molecule has 8 heteroatoms. The Hall–Kier alpha value is -2.74. The van der Waals surface area contributed by atoms with Gasteiger partial charge in [0.05, 0.1) is 29.1 Å². The fraction of sp³-hybridized carbons (Fsp3) is 0.167. The summed E-state index contributed by atoms with van der Waals surface area (Å²) >= 11 is 0. The Morgan fingerprint density at radius 2 is 2.30 bits per heavy atom. The van der Waals surface area contributed by atoms with Gasteiger partial charge in [0.1, 0.15) is 5.56 Å². The standard InChI is InChI=1S/C12H11N3O5/c1-20-7-11-10(12(16)17)6-13-14(11)8-3-2-4-9(5-8)15(18)19/h2-6H,7H2,1H3,(H,16,17). The summed E-state index contributed by atoms with van der Waals surface area (Å²) in [7, 11) is 1.43. The minimum absolute atomic E-state index is 0.00152. The Morgan fingerprint density at radius 1 is 1.55 bits per heavy atom. The first-order chi connectivity index (χ1) is 9.54. The number of aromatic carboxylic acids is 1. The van der Waals surface area contributed by atoms with Crippen LogP contribution in [0.2, 0.25) is 0 Å². The van der Waals surface area contributed by atoms with E-state index in [2.05, 4.69) is 5.10 Å². The minimum atomic E-state index is -1.13. The average Bonchev–Trinajstić information content (AvgIpc) is 2.83. The zero-order valence-electron chi connectivity index (χ0n) is 10.5. The third-order valence-corrected chi connectivity index (χ3v) is 2.67. The molecule has 0 bridgehead atoms. The van der Waals surface area contributed by atoms with Crippen LogP contribution in [-0.2, 0) is 11.3 Å². The van der Waals surface area contributed by atoms with Crippen LogP contribution in [0, 0.1) is 10.1 Å². The van der Waals surface area contributed by atoms with Crippen molar-refractivity contribution in [3.05, 3.63) is 51.8 Å². The third-order valence-electron chi connectivity index (χ3n) is 2.67. The summed E-state index contributed by atoms with van der Waals surface area (Å²) in [5, 5.41) is 23.8. The highest BCUT2D eigenvalue weighted by Crippen LogP contribution is 2.20. The molecular formula is C12H11N3O5. The van der Waals surface area contributed by atoms with Crippen molar-refractivity contribution < 1.29 is 19.6 Å². The van der Waals surface area contributed by atoms with Crippen LogP contribution < -0.4 is 0 Å². The first kappa shape index (κ1) is 13.7. The van der Waals surface area contributed by atoms with Gasteiger partial charge in [-0.15, -0.1) is 0 Å². The fourth-order valence-corrected chi connectivity index (χ4v) is 1.79. The van der Waals surface area contributed by atoms with E-state index in [0.717, 1.165) is 0 Å². The number of rotatable bonds is 5. The summed E-state index contributed by atoms with van der Waals surface area (Å²) in [6.07, 6.45) is 1.19. The first-order valence-corrected chi connectivity index (χ1v) is 5.58. The van der Waals surface area contributed by atoms with Gasteiger partial charge in [0.15, 0.2) is 0 Å². The number of hydrogen-bond donors (Lipinski definition) is 1. The van der Waals surface area contributed by atoms with E-state index in [4.69, 9.17) is 9.84 Å². The van der Waals surface area contributed by atoms with Gasteiger partial charge in [-0.2, -0.15) is 5.10 Å². The summed E-state index contributed by atoms with van der Waals surface area (Å²) in [5.74, 6) is -1.13. The Kier molecular flexibility index (Phi) is 3.76. The van der Waals surface area contributed by atoms with Crippen LogP contribution in [0.3, 0.4) is 0 Å². The summed E-state index contributed by atoms with van der Waals surface area (Å²) in [5.41, 5.74) is 0.621. The van der Waals surface area contributed by atoms with Crippen LogP contribution in [0.15, 0.2) is 30.5 Å². The van der Waals surface area contributed by atoms with Crippen LogP contribution in [0.25, 0.3) is 5.69 Å². The van der Waals surface area contributed by atoms with Crippen LogP contribution >= 0.6 is 0 Å². The molecule has 0 spiro atoms. The largest absolute Gasteiger partial charge is 0.478 e. The third kappa shape index (κ3) is 2.50. The molecule has 1 aromatic heterocycles. The van der Waals surface area contributed by atoms with Crippen molar-refractivity contribution in [3.8, 4) is 5.69 Å². The minimum Gasteiger partial charge on any atom is -0.478 e. The second-order valence-corrected chi connectivity index (χ2v) is 3.93. The van der Waals surface area contributed by atoms with Crippen LogP contribution in [0.1, 0.15) is 16.1 Å². The van der Waals surface area contributed by atoms with Crippen molar-refractivity contribution in [2.24, 2.45) is 0 Å². The molecule has 1 heterocycles. The summed E-state index contributed by atoms with van der Waals surface area (Å²) < 4.78 is 6.28. The van der Waals surface area contributed by atoms with Gasteiger partial charge in [0, 0.05) is 19.2 Å². The molecule has 0 amide bonds. The number of nitro benzene ring substituents is 1. The van der Waals surface area contributed by atoms with E-state index in [0.29, 0.717) is 11.4 Å². The molecule has 20 heavy (non-hydrogen) atoms. The predicted molar refractivity (Wildman–Crippen MR) is 67.9 cm³/mol. The van der Waals surface area contributed by atoms with Gasteiger partial charge in [0.2, 0.25) is 0 Å². The number of nitro groups is 1. The monoisotopic (exact) mass is 277 g/mol. The van der Waals surface area contributed by atoms with Gasteiger partial charge in [-0.3, -0.25) is 10.1 Å². The lowest BCUT2D eigenvalue weighted by molar-refractivity contribution is -0.384. The van der Waals surface area contributed by atoms with E-state index in [1.165, 1.54) is 36.2 Å². The van der Waals surface area contributed by atoms with Gasteiger partial charge >= 0.3 is 5.97 Å².